The lowest BCUT2D eigenvalue weighted by Crippen LogP contribution is -2.49. The van der Waals surface area contributed by atoms with Crippen LogP contribution in [0.3, 0.4) is 0 Å². The van der Waals surface area contributed by atoms with Gasteiger partial charge in [0.15, 0.2) is 11.2 Å². The number of halogens is 2. The van der Waals surface area contributed by atoms with E-state index in [1.54, 1.807) is 31.2 Å². The van der Waals surface area contributed by atoms with E-state index in [1.165, 1.54) is 11.1 Å². The molecule has 2 amide bonds. The first-order chi connectivity index (χ1) is 14.2. The lowest BCUT2D eigenvalue weighted by Gasteiger charge is -2.35. The van der Waals surface area contributed by atoms with Gasteiger partial charge in [-0.1, -0.05) is 43.1 Å². The summed E-state index contributed by atoms with van der Waals surface area (Å²) in [5.41, 5.74) is 1.72. The van der Waals surface area contributed by atoms with Crippen LogP contribution in [-0.4, -0.2) is 33.6 Å². The second kappa shape index (κ2) is 7.11. The average Bonchev–Trinajstić information content (AvgIpc) is 3.28. The third kappa shape index (κ3) is 2.66. The molecule has 0 bridgehead atoms. The summed E-state index contributed by atoms with van der Waals surface area (Å²) >= 11 is 12.3. The molecular formula is C21H19Cl2N5O2. The average molecular weight is 444 g/mol. The van der Waals surface area contributed by atoms with Crippen LogP contribution in [0.2, 0.25) is 5.02 Å². The van der Waals surface area contributed by atoms with Crippen LogP contribution in [0.25, 0.3) is 0 Å². The number of hydrogen-bond donors (Lipinski definition) is 2. The second-order valence-electron chi connectivity index (χ2n) is 7.49. The van der Waals surface area contributed by atoms with Crippen LogP contribution in [-0.2, 0) is 10.3 Å². The Balaban J connectivity index is 2.06. The fraction of sp³-hybridized carbons (Fsp3) is 0.238. The van der Waals surface area contributed by atoms with Gasteiger partial charge in [-0.05, 0) is 37.8 Å². The number of carbonyl (C=O) groups is 2. The van der Waals surface area contributed by atoms with Gasteiger partial charge in [0.25, 0.3) is 11.8 Å². The number of nitrogens with zero attached hydrogens (tertiary/aromatic N) is 3. The molecular weight excluding hydrogens is 425 g/mol. The number of aromatic nitrogens is 2. The van der Waals surface area contributed by atoms with Gasteiger partial charge in [0.1, 0.15) is 0 Å². The van der Waals surface area contributed by atoms with Gasteiger partial charge in [-0.3, -0.25) is 24.6 Å². The number of aromatic amines is 1. The lowest BCUT2D eigenvalue weighted by molar-refractivity contribution is -0.122. The highest BCUT2D eigenvalue weighted by Gasteiger charge is 2.63. The van der Waals surface area contributed by atoms with Crippen molar-refractivity contribution in [2.45, 2.75) is 32.2 Å². The number of nitrogens with one attached hydrogen (secondary N) is 2. The number of H-pyrrole nitrogens is 1. The largest absolute Gasteiger partial charge is 0.323 e. The molecule has 30 heavy (non-hydrogen) atoms. The van der Waals surface area contributed by atoms with Gasteiger partial charge in [-0.15, -0.1) is 0 Å². The van der Waals surface area contributed by atoms with Gasteiger partial charge >= 0.3 is 0 Å². The highest BCUT2D eigenvalue weighted by atomic mass is 35.5. The Hall–Kier alpha value is -2.90. The van der Waals surface area contributed by atoms with E-state index in [2.05, 4.69) is 27.2 Å². The molecule has 0 aliphatic carbocycles. The summed E-state index contributed by atoms with van der Waals surface area (Å²) in [4.78, 5) is 32.2. The summed E-state index contributed by atoms with van der Waals surface area (Å²) in [6, 6.07) is 5.14. The minimum Gasteiger partial charge on any atom is -0.323 e. The fourth-order valence-corrected chi connectivity index (χ4v) is 4.62. The van der Waals surface area contributed by atoms with Crippen LogP contribution >= 0.6 is 23.2 Å². The Morgan fingerprint density at radius 2 is 2.10 bits per heavy atom. The van der Waals surface area contributed by atoms with E-state index in [1.807, 2.05) is 13.8 Å². The third-order valence-electron chi connectivity index (χ3n) is 5.34. The Kier molecular flexibility index (Phi) is 4.83. The molecule has 2 aliphatic heterocycles. The maximum atomic E-state index is 13.6. The number of hydrogen-bond acceptors (Lipinski definition) is 4. The maximum Gasteiger partial charge on any atom is 0.280 e. The Morgan fingerprint density at radius 3 is 2.77 bits per heavy atom. The molecule has 1 unspecified atom stereocenters. The molecule has 0 saturated heterocycles. The molecule has 0 saturated carbocycles. The smallest absolute Gasteiger partial charge is 0.280 e. The summed E-state index contributed by atoms with van der Waals surface area (Å²) in [6.45, 7) is 9.05. The van der Waals surface area contributed by atoms with Gasteiger partial charge in [-0.25, -0.2) is 0 Å². The molecule has 1 atom stereocenters. The number of aliphatic imine (C=N–C) groups is 1. The van der Waals surface area contributed by atoms with Crippen molar-refractivity contribution in [2.75, 3.05) is 5.32 Å². The molecule has 1 aromatic carbocycles. The van der Waals surface area contributed by atoms with Crippen molar-refractivity contribution in [3.63, 3.8) is 0 Å². The molecule has 2 aliphatic rings. The van der Waals surface area contributed by atoms with E-state index in [9.17, 15) is 9.59 Å². The molecule has 154 valence electrons. The van der Waals surface area contributed by atoms with E-state index in [-0.39, 0.29) is 22.6 Å². The van der Waals surface area contributed by atoms with Gasteiger partial charge in [-0.2, -0.15) is 5.10 Å². The number of amides is 2. The van der Waals surface area contributed by atoms with Crippen LogP contribution in [0.5, 0.6) is 0 Å². The lowest BCUT2D eigenvalue weighted by atomic mass is 9.82. The number of benzene rings is 1. The predicted molar refractivity (Wildman–Crippen MR) is 117 cm³/mol. The molecule has 2 aromatic rings. The summed E-state index contributed by atoms with van der Waals surface area (Å²) in [5.74, 6) is -0.742. The molecule has 0 fully saturated rings. The Labute approximate surface area is 183 Å². The summed E-state index contributed by atoms with van der Waals surface area (Å²) in [7, 11) is 0. The maximum absolute atomic E-state index is 13.6. The highest BCUT2D eigenvalue weighted by molar-refractivity contribution is 6.31. The highest BCUT2D eigenvalue weighted by Crippen LogP contribution is 2.54. The van der Waals surface area contributed by atoms with E-state index in [0.29, 0.717) is 27.5 Å². The van der Waals surface area contributed by atoms with E-state index >= 15 is 0 Å². The summed E-state index contributed by atoms with van der Waals surface area (Å²) < 4.78 is 0. The second-order valence-corrected chi connectivity index (χ2v) is 8.37. The van der Waals surface area contributed by atoms with Crippen molar-refractivity contribution >= 4 is 47.4 Å². The first kappa shape index (κ1) is 20.4. The first-order valence-corrected chi connectivity index (χ1v) is 10.0. The summed E-state index contributed by atoms with van der Waals surface area (Å²) in [6.07, 6.45) is 2.93. The van der Waals surface area contributed by atoms with Crippen molar-refractivity contribution in [3.8, 4) is 0 Å². The van der Waals surface area contributed by atoms with Crippen LogP contribution in [0.4, 0.5) is 5.69 Å². The van der Waals surface area contributed by atoms with Crippen molar-refractivity contribution in [2.24, 2.45) is 4.99 Å². The van der Waals surface area contributed by atoms with E-state index in [4.69, 9.17) is 23.2 Å². The van der Waals surface area contributed by atoms with Crippen LogP contribution < -0.4 is 5.32 Å². The van der Waals surface area contributed by atoms with Crippen molar-refractivity contribution in [3.05, 3.63) is 68.7 Å². The SMILES string of the molecule is C=N/C=C(Cl)\C=C(/C)N1C(=O)c2n[nH]c(C(C)C)c2C12C(=O)Nc1cc(Cl)ccc12. The molecule has 7 nitrogen and oxygen atoms in total. The van der Waals surface area contributed by atoms with Crippen LogP contribution in [0, 0.1) is 0 Å². The first-order valence-electron chi connectivity index (χ1n) is 9.28. The standard InChI is InChI=1S/C21H19Cl2N5O2/c1-10(2)17-16-18(27-26-17)19(29)28(11(3)7-13(23)9-24-4)21(16)14-6-5-12(22)8-15(14)25-20(21)30/h5-10H,4H2,1-3H3,(H,25,30)(H,26,27)/b11-7+,13-9+. The van der Waals surface area contributed by atoms with Crippen LogP contribution in [0.1, 0.15) is 54.0 Å². The zero-order valence-electron chi connectivity index (χ0n) is 16.6. The van der Waals surface area contributed by atoms with E-state index in [0.717, 1.165) is 5.69 Å². The minimum absolute atomic E-state index is 0.00719. The summed E-state index contributed by atoms with van der Waals surface area (Å²) in [5, 5.41) is 10.9. The molecule has 0 radical (unpaired) electrons. The van der Waals surface area contributed by atoms with Gasteiger partial charge in [0.05, 0.1) is 5.03 Å². The molecule has 1 aromatic heterocycles. The quantitative estimate of drug-likeness (QED) is 0.537. The zero-order chi connectivity index (χ0) is 21.8. The number of carbonyl (C=O) groups excluding carboxylic acids is 2. The predicted octanol–water partition coefficient (Wildman–Crippen LogP) is 4.52. The fourth-order valence-electron chi connectivity index (χ4n) is 4.22. The van der Waals surface area contributed by atoms with E-state index < -0.39 is 11.4 Å². The van der Waals surface area contributed by atoms with Crippen molar-refractivity contribution < 1.29 is 9.59 Å². The van der Waals surface area contributed by atoms with Crippen molar-refractivity contribution in [1.82, 2.24) is 15.1 Å². The normalized spacial score (nSPS) is 20.8. The Morgan fingerprint density at radius 1 is 1.37 bits per heavy atom. The minimum atomic E-state index is -1.42. The monoisotopic (exact) mass is 443 g/mol. The Bertz CT molecular complexity index is 1160. The van der Waals surface area contributed by atoms with Crippen molar-refractivity contribution in [1.29, 1.82) is 0 Å². The molecule has 2 N–H and O–H groups in total. The van der Waals surface area contributed by atoms with Crippen LogP contribution in [0.15, 0.2) is 46.2 Å². The molecule has 1 spiro atoms. The topological polar surface area (TPSA) is 90.5 Å². The number of rotatable bonds is 4. The number of fused-ring (bicyclic) bond motifs is 4. The van der Waals surface area contributed by atoms with Gasteiger partial charge < -0.3 is 5.32 Å². The van der Waals surface area contributed by atoms with Gasteiger partial charge in [0.2, 0.25) is 0 Å². The molecule has 3 heterocycles. The third-order valence-corrected chi connectivity index (χ3v) is 5.78. The zero-order valence-corrected chi connectivity index (χ0v) is 18.1. The number of anilines is 1. The van der Waals surface area contributed by atoms with Gasteiger partial charge in [0, 0.05) is 39.4 Å². The molecule has 4 rings (SSSR count). The molecule has 9 heteroatoms. The number of allylic oxidation sites excluding steroid dienone is 3.